The molecule has 1 aromatic rings. The lowest BCUT2D eigenvalue weighted by molar-refractivity contribution is -0.174. The molecule has 10 atom stereocenters. The van der Waals surface area contributed by atoms with E-state index in [-0.39, 0.29) is 46.5 Å². The van der Waals surface area contributed by atoms with Gasteiger partial charge in [0, 0.05) is 0 Å². The predicted molar refractivity (Wildman–Crippen MR) is 158 cm³/mol. The van der Waals surface area contributed by atoms with Crippen LogP contribution in [0.2, 0.25) is 0 Å². The van der Waals surface area contributed by atoms with Crippen molar-refractivity contribution in [2.75, 3.05) is 6.61 Å². The maximum atomic E-state index is 12.7. The smallest absolute Gasteiger partial charge is 0.421 e. The number of carbonyl (C=O) groups excluding carboxylic acids is 1. The van der Waals surface area contributed by atoms with Gasteiger partial charge in [-0.2, -0.15) is 8.42 Å². The van der Waals surface area contributed by atoms with Gasteiger partial charge in [0.05, 0.1) is 25.0 Å². The van der Waals surface area contributed by atoms with Crippen LogP contribution < -0.4 is 9.46 Å². The molecule has 236 valence electrons. The minimum Gasteiger partial charge on any atom is -0.487 e. The standard InChI is InChI=1S/C32H50N2O7S/c1-19(18-40-29(37)34-42(38,39)27-10-7-22(17-33-27)41-30(2,3)4)23-8-9-24-28-25(12-14-32(23,24)6)31(5)13-11-21(35)15-20(31)16-26(28)36/h7,10,17,19-21,23-26,28,35-36H,8-9,11-16,18H2,1-6H3,(H,34,37)/t19-,20+,21-,23-,24+,25+,26-,28+,31+,32-/m1/s1. The maximum Gasteiger partial charge on any atom is 0.421 e. The van der Waals surface area contributed by atoms with Gasteiger partial charge in [0.15, 0.2) is 5.03 Å². The number of aliphatic hydroxyl groups is 2. The first-order valence-electron chi connectivity index (χ1n) is 15.7. The molecule has 1 amide bonds. The number of hydrogen-bond acceptors (Lipinski definition) is 8. The highest BCUT2D eigenvalue weighted by Gasteiger charge is 2.62. The van der Waals surface area contributed by atoms with Gasteiger partial charge in [-0.25, -0.2) is 14.5 Å². The summed E-state index contributed by atoms with van der Waals surface area (Å²) >= 11 is 0. The third-order valence-corrected chi connectivity index (χ3v) is 12.7. The Morgan fingerprint density at radius 1 is 1.07 bits per heavy atom. The summed E-state index contributed by atoms with van der Waals surface area (Å²) in [5.41, 5.74) is -0.241. The highest BCUT2D eigenvalue weighted by Crippen LogP contribution is 2.68. The molecule has 0 aliphatic heterocycles. The third kappa shape index (κ3) is 5.92. The van der Waals surface area contributed by atoms with Crippen molar-refractivity contribution in [2.24, 2.45) is 46.3 Å². The molecule has 4 saturated carbocycles. The summed E-state index contributed by atoms with van der Waals surface area (Å²) in [7, 11) is -4.19. The van der Waals surface area contributed by atoms with Crippen molar-refractivity contribution in [1.29, 1.82) is 0 Å². The van der Waals surface area contributed by atoms with E-state index in [2.05, 4.69) is 25.8 Å². The largest absolute Gasteiger partial charge is 0.487 e. The number of sulfonamides is 1. The topological polar surface area (TPSA) is 135 Å². The Kier molecular flexibility index (Phi) is 8.42. The minimum absolute atomic E-state index is 0.0334. The minimum atomic E-state index is -4.19. The van der Waals surface area contributed by atoms with E-state index in [1.165, 1.54) is 18.3 Å². The number of nitrogens with one attached hydrogen (secondary N) is 1. The van der Waals surface area contributed by atoms with Gasteiger partial charge in [0.25, 0.3) is 10.0 Å². The Hall–Kier alpha value is -1.91. The van der Waals surface area contributed by atoms with Crippen LogP contribution in [0.4, 0.5) is 4.79 Å². The number of nitrogens with zero attached hydrogens (tertiary/aromatic N) is 1. The zero-order chi connectivity index (χ0) is 30.7. The van der Waals surface area contributed by atoms with Crippen LogP contribution in [0.5, 0.6) is 5.75 Å². The van der Waals surface area contributed by atoms with Crippen LogP contribution in [0.1, 0.15) is 92.9 Å². The van der Waals surface area contributed by atoms with Crippen LogP contribution in [0.25, 0.3) is 0 Å². The van der Waals surface area contributed by atoms with Gasteiger partial charge < -0.3 is 19.7 Å². The molecule has 1 heterocycles. The number of pyridine rings is 1. The van der Waals surface area contributed by atoms with Gasteiger partial charge in [-0.3, -0.25) is 0 Å². The summed E-state index contributed by atoms with van der Waals surface area (Å²) in [6.07, 6.45) is 7.41. The van der Waals surface area contributed by atoms with E-state index in [4.69, 9.17) is 9.47 Å². The summed E-state index contributed by atoms with van der Waals surface area (Å²) in [5.74, 6) is 2.32. The molecule has 4 aliphatic carbocycles. The Labute approximate surface area is 251 Å². The molecule has 0 bridgehead atoms. The van der Waals surface area contributed by atoms with Crippen molar-refractivity contribution in [3.8, 4) is 5.75 Å². The number of aromatic nitrogens is 1. The zero-order valence-corrected chi connectivity index (χ0v) is 26.8. The second kappa shape index (κ2) is 11.2. The lowest BCUT2D eigenvalue weighted by Gasteiger charge is -2.62. The number of amides is 1. The van der Waals surface area contributed by atoms with Gasteiger partial charge in [-0.05, 0) is 131 Å². The van der Waals surface area contributed by atoms with Crippen molar-refractivity contribution < 1.29 is 32.9 Å². The monoisotopic (exact) mass is 606 g/mol. The fraction of sp³-hybridized carbons (Fsp3) is 0.812. The number of fused-ring (bicyclic) bond motifs is 5. The van der Waals surface area contributed by atoms with Crippen LogP contribution in [0.15, 0.2) is 23.4 Å². The van der Waals surface area contributed by atoms with Crippen LogP contribution in [0, 0.1) is 46.3 Å². The second-order valence-corrected chi connectivity index (χ2v) is 16.8. The van der Waals surface area contributed by atoms with Crippen LogP contribution in [-0.2, 0) is 14.8 Å². The summed E-state index contributed by atoms with van der Waals surface area (Å²) < 4.78 is 38.6. The summed E-state index contributed by atoms with van der Waals surface area (Å²) in [4.78, 5) is 16.5. The Balaban J connectivity index is 1.19. The van der Waals surface area contributed by atoms with E-state index < -0.39 is 21.7 Å². The number of aliphatic hydroxyl groups excluding tert-OH is 2. The molecule has 3 N–H and O–H groups in total. The molecule has 0 aromatic carbocycles. The molecule has 1 aromatic heterocycles. The van der Waals surface area contributed by atoms with Gasteiger partial charge in [0.2, 0.25) is 0 Å². The SMILES string of the molecule is C[C@H](COC(=O)NS(=O)(=O)c1ccc(OC(C)(C)C)cn1)[C@H]1CC[C@H]2[C@@H]3[C@H](O)C[C@@H]4C[C@H](O)CC[C@]4(C)[C@H]3CC[C@]12C. The Morgan fingerprint density at radius 3 is 2.43 bits per heavy atom. The van der Waals surface area contributed by atoms with Crippen LogP contribution >= 0.6 is 0 Å². The summed E-state index contributed by atoms with van der Waals surface area (Å²) in [6.45, 7) is 12.6. The highest BCUT2D eigenvalue weighted by atomic mass is 32.2. The van der Waals surface area contributed by atoms with Crippen molar-refractivity contribution in [3.63, 3.8) is 0 Å². The first kappa shape index (κ1) is 31.5. The van der Waals surface area contributed by atoms with E-state index >= 15 is 0 Å². The van der Waals surface area contributed by atoms with Gasteiger partial charge in [-0.15, -0.1) is 0 Å². The Bertz CT molecular complexity index is 1250. The number of ether oxygens (including phenoxy) is 2. The number of rotatable bonds is 6. The van der Waals surface area contributed by atoms with Crippen molar-refractivity contribution in [2.45, 2.75) is 116 Å². The fourth-order valence-corrected chi connectivity index (χ4v) is 10.5. The normalized spacial score (nSPS) is 38.9. The molecular weight excluding hydrogens is 556 g/mol. The van der Waals surface area contributed by atoms with Crippen molar-refractivity contribution in [3.05, 3.63) is 18.3 Å². The molecule has 4 aliphatic rings. The molecule has 0 radical (unpaired) electrons. The van der Waals surface area contributed by atoms with Gasteiger partial charge in [-0.1, -0.05) is 20.8 Å². The fourth-order valence-electron chi connectivity index (χ4n) is 9.63. The van der Waals surface area contributed by atoms with Crippen LogP contribution in [0.3, 0.4) is 0 Å². The molecule has 9 nitrogen and oxygen atoms in total. The molecular formula is C32H50N2O7S. The average molecular weight is 607 g/mol. The second-order valence-electron chi connectivity index (χ2n) is 15.2. The first-order chi connectivity index (χ1) is 19.5. The molecule has 0 saturated heterocycles. The van der Waals surface area contributed by atoms with E-state index in [0.717, 1.165) is 51.4 Å². The van der Waals surface area contributed by atoms with E-state index in [9.17, 15) is 23.4 Å². The Morgan fingerprint density at radius 2 is 1.76 bits per heavy atom. The highest BCUT2D eigenvalue weighted by molar-refractivity contribution is 7.90. The molecule has 0 unspecified atom stereocenters. The molecule has 5 rings (SSSR count). The zero-order valence-electron chi connectivity index (χ0n) is 26.0. The third-order valence-electron chi connectivity index (χ3n) is 11.5. The van der Waals surface area contributed by atoms with Gasteiger partial charge >= 0.3 is 6.09 Å². The lowest BCUT2D eigenvalue weighted by Crippen LogP contribution is -2.58. The first-order valence-corrected chi connectivity index (χ1v) is 17.2. The average Bonchev–Trinajstić information content (AvgIpc) is 3.24. The number of carbonyl (C=O) groups is 1. The molecule has 10 heteroatoms. The lowest BCUT2D eigenvalue weighted by atomic mass is 9.43. The quantitative estimate of drug-likeness (QED) is 0.397. The molecule has 4 fully saturated rings. The molecule has 0 spiro atoms. The van der Waals surface area contributed by atoms with Crippen molar-refractivity contribution in [1.82, 2.24) is 9.71 Å². The van der Waals surface area contributed by atoms with E-state index in [0.29, 0.717) is 29.4 Å². The van der Waals surface area contributed by atoms with Gasteiger partial charge in [0.1, 0.15) is 11.4 Å². The number of hydrogen-bond donors (Lipinski definition) is 3. The molecule has 42 heavy (non-hydrogen) atoms. The van der Waals surface area contributed by atoms with Crippen molar-refractivity contribution >= 4 is 16.1 Å². The van der Waals surface area contributed by atoms with E-state index in [1.807, 2.05) is 25.5 Å². The van der Waals surface area contributed by atoms with E-state index in [1.54, 1.807) is 0 Å². The predicted octanol–water partition coefficient (Wildman–Crippen LogP) is 5.30. The maximum absolute atomic E-state index is 12.7. The summed E-state index contributed by atoms with van der Waals surface area (Å²) in [5, 5.41) is 21.5. The van der Waals surface area contributed by atoms with Crippen LogP contribution in [-0.4, -0.2) is 54.1 Å². The summed E-state index contributed by atoms with van der Waals surface area (Å²) in [6, 6.07) is 2.81.